The molecule has 1 saturated carbocycles. The Hall–Kier alpha value is -0.420. The van der Waals surface area contributed by atoms with Crippen LogP contribution in [-0.4, -0.2) is 12.3 Å². The highest BCUT2D eigenvalue weighted by Gasteiger charge is 2.31. The Kier molecular flexibility index (Phi) is 4.56. The number of hydrogen-bond donors (Lipinski definition) is 1. The van der Waals surface area contributed by atoms with Gasteiger partial charge in [-0.15, -0.1) is 0 Å². The van der Waals surface area contributed by atoms with Crippen molar-refractivity contribution in [1.82, 2.24) is 0 Å². The lowest BCUT2D eigenvalue weighted by Gasteiger charge is -2.16. The molecule has 1 aromatic carbocycles. The molecule has 0 aromatic heterocycles. The molecule has 2 unspecified atom stereocenters. The molecule has 1 aromatic rings. The van der Waals surface area contributed by atoms with Crippen molar-refractivity contribution in [3.8, 4) is 0 Å². The second-order valence-electron chi connectivity index (χ2n) is 4.80. The minimum Gasteiger partial charge on any atom is -0.330 e. The second-order valence-corrected chi connectivity index (χ2v) is 6.05. The molecule has 3 heteroatoms. The van der Waals surface area contributed by atoms with Crippen LogP contribution in [0.5, 0.6) is 0 Å². The molecule has 1 fully saturated rings. The summed E-state index contributed by atoms with van der Waals surface area (Å²) in [6.45, 7) is 0.656. The van der Waals surface area contributed by atoms with Gasteiger partial charge in [-0.2, -0.15) is 0 Å². The van der Waals surface area contributed by atoms with E-state index in [9.17, 15) is 4.79 Å². The third-order valence-corrected chi connectivity index (χ3v) is 4.39. The molecule has 1 aliphatic carbocycles. The molecule has 0 saturated heterocycles. The highest BCUT2D eigenvalue weighted by Crippen LogP contribution is 2.32. The molecule has 0 amide bonds. The fraction of sp³-hybridized carbons (Fsp3) is 0.500. The van der Waals surface area contributed by atoms with Crippen molar-refractivity contribution < 1.29 is 4.79 Å². The Morgan fingerprint density at radius 2 is 2.00 bits per heavy atom. The maximum Gasteiger partial charge on any atom is 0.140 e. The van der Waals surface area contributed by atoms with Gasteiger partial charge < -0.3 is 5.73 Å². The smallest absolute Gasteiger partial charge is 0.140 e. The molecule has 17 heavy (non-hydrogen) atoms. The molecule has 1 aliphatic rings. The highest BCUT2D eigenvalue weighted by atomic mass is 127. The number of carbonyl (C=O) groups is 1. The first-order chi connectivity index (χ1) is 8.20. The molecule has 2 atom stereocenters. The van der Waals surface area contributed by atoms with Gasteiger partial charge in [0.2, 0.25) is 0 Å². The quantitative estimate of drug-likeness (QED) is 0.855. The van der Waals surface area contributed by atoms with Crippen LogP contribution in [0.4, 0.5) is 0 Å². The van der Waals surface area contributed by atoms with Crippen molar-refractivity contribution in [1.29, 1.82) is 0 Å². The van der Waals surface area contributed by atoms with Gasteiger partial charge in [-0.3, -0.25) is 4.79 Å². The van der Waals surface area contributed by atoms with Crippen molar-refractivity contribution in [2.24, 2.45) is 17.6 Å². The van der Waals surface area contributed by atoms with Gasteiger partial charge in [0.15, 0.2) is 0 Å². The summed E-state index contributed by atoms with van der Waals surface area (Å²) < 4.78 is 1.21. The van der Waals surface area contributed by atoms with E-state index in [-0.39, 0.29) is 5.92 Å². The molecule has 0 aliphatic heterocycles. The van der Waals surface area contributed by atoms with Crippen LogP contribution in [0.3, 0.4) is 0 Å². The lowest BCUT2D eigenvalue weighted by Crippen LogP contribution is -2.26. The van der Waals surface area contributed by atoms with E-state index in [0.717, 1.165) is 24.8 Å². The van der Waals surface area contributed by atoms with Gasteiger partial charge in [-0.05, 0) is 65.6 Å². The molecule has 2 rings (SSSR count). The zero-order valence-electron chi connectivity index (χ0n) is 9.86. The average molecular weight is 343 g/mol. The minimum absolute atomic E-state index is 0.208. The summed E-state index contributed by atoms with van der Waals surface area (Å²) in [5.74, 6) is 1.00. The van der Waals surface area contributed by atoms with Crippen molar-refractivity contribution in [2.45, 2.75) is 25.7 Å². The molecule has 0 radical (unpaired) electrons. The Balaban J connectivity index is 1.99. The van der Waals surface area contributed by atoms with Crippen molar-refractivity contribution >= 4 is 28.4 Å². The van der Waals surface area contributed by atoms with E-state index in [1.165, 1.54) is 3.57 Å². The number of carbonyl (C=O) groups excluding carboxylic acids is 1. The fourth-order valence-corrected chi connectivity index (χ4v) is 3.04. The molecular weight excluding hydrogens is 325 g/mol. The number of ketones is 1. The summed E-state index contributed by atoms with van der Waals surface area (Å²) in [5, 5.41) is 0. The fourth-order valence-electron chi connectivity index (χ4n) is 2.68. The molecular formula is C14H18INO. The summed E-state index contributed by atoms with van der Waals surface area (Å²) >= 11 is 2.28. The second kappa shape index (κ2) is 5.96. The van der Waals surface area contributed by atoms with Crippen LogP contribution < -0.4 is 5.73 Å². The third-order valence-electron chi connectivity index (χ3n) is 3.67. The third kappa shape index (κ3) is 3.28. The normalized spacial score (nSPS) is 23.9. The molecule has 0 spiro atoms. The average Bonchev–Trinajstić information content (AvgIpc) is 2.80. The predicted molar refractivity (Wildman–Crippen MR) is 77.8 cm³/mol. The van der Waals surface area contributed by atoms with E-state index in [2.05, 4.69) is 34.7 Å². The standard InChI is InChI=1S/C14H18INO/c15-12-6-4-10(5-7-12)8-14(17)13-3-1-2-11(13)9-16/h4-7,11,13H,1-3,8-9,16H2. The van der Waals surface area contributed by atoms with E-state index < -0.39 is 0 Å². The Labute approximate surface area is 116 Å². The molecule has 92 valence electrons. The topological polar surface area (TPSA) is 43.1 Å². The molecule has 2 nitrogen and oxygen atoms in total. The van der Waals surface area contributed by atoms with E-state index in [1.807, 2.05) is 12.1 Å². The van der Waals surface area contributed by atoms with E-state index in [4.69, 9.17) is 5.73 Å². The van der Waals surface area contributed by atoms with Crippen molar-refractivity contribution in [3.63, 3.8) is 0 Å². The van der Waals surface area contributed by atoms with Crippen LogP contribution in [0.1, 0.15) is 24.8 Å². The minimum atomic E-state index is 0.208. The summed E-state index contributed by atoms with van der Waals surface area (Å²) in [4.78, 5) is 12.2. The van der Waals surface area contributed by atoms with Crippen LogP contribution in [0, 0.1) is 15.4 Å². The number of Topliss-reactive ketones (excluding diaryl/α,β-unsaturated/α-hetero) is 1. The van der Waals surface area contributed by atoms with Gasteiger partial charge in [0.25, 0.3) is 0 Å². The van der Waals surface area contributed by atoms with Gasteiger partial charge >= 0.3 is 0 Å². The Morgan fingerprint density at radius 3 is 2.65 bits per heavy atom. The Morgan fingerprint density at radius 1 is 1.29 bits per heavy atom. The van der Waals surface area contributed by atoms with Crippen LogP contribution in [0.25, 0.3) is 0 Å². The first-order valence-corrected chi connectivity index (χ1v) is 7.26. The summed E-state index contributed by atoms with van der Waals surface area (Å²) in [7, 11) is 0. The van der Waals surface area contributed by atoms with Crippen LogP contribution >= 0.6 is 22.6 Å². The lowest BCUT2D eigenvalue weighted by atomic mass is 9.89. The van der Waals surface area contributed by atoms with Crippen LogP contribution in [-0.2, 0) is 11.2 Å². The van der Waals surface area contributed by atoms with E-state index in [0.29, 0.717) is 24.7 Å². The van der Waals surface area contributed by atoms with Crippen LogP contribution in [0.2, 0.25) is 0 Å². The number of rotatable bonds is 4. The molecule has 0 heterocycles. The monoisotopic (exact) mass is 343 g/mol. The van der Waals surface area contributed by atoms with Gasteiger partial charge in [0, 0.05) is 15.9 Å². The number of benzene rings is 1. The van der Waals surface area contributed by atoms with E-state index in [1.54, 1.807) is 0 Å². The van der Waals surface area contributed by atoms with E-state index >= 15 is 0 Å². The number of halogens is 1. The van der Waals surface area contributed by atoms with Crippen molar-refractivity contribution in [3.05, 3.63) is 33.4 Å². The van der Waals surface area contributed by atoms with Gasteiger partial charge in [0.05, 0.1) is 0 Å². The summed E-state index contributed by atoms with van der Waals surface area (Å²) in [6, 6.07) is 8.20. The maximum atomic E-state index is 12.2. The first-order valence-electron chi connectivity index (χ1n) is 6.18. The van der Waals surface area contributed by atoms with Crippen LogP contribution in [0.15, 0.2) is 24.3 Å². The zero-order valence-corrected chi connectivity index (χ0v) is 12.0. The largest absolute Gasteiger partial charge is 0.330 e. The number of hydrogen-bond acceptors (Lipinski definition) is 2. The molecule has 2 N–H and O–H groups in total. The van der Waals surface area contributed by atoms with Gasteiger partial charge in [0.1, 0.15) is 5.78 Å². The molecule has 0 bridgehead atoms. The predicted octanol–water partition coefficient (Wildman–Crippen LogP) is 2.78. The zero-order chi connectivity index (χ0) is 12.3. The lowest BCUT2D eigenvalue weighted by molar-refractivity contribution is -0.123. The Bertz CT molecular complexity index is 388. The summed E-state index contributed by atoms with van der Waals surface area (Å²) in [6.07, 6.45) is 3.88. The summed E-state index contributed by atoms with van der Waals surface area (Å²) in [5.41, 5.74) is 6.85. The number of nitrogens with two attached hydrogens (primary N) is 1. The van der Waals surface area contributed by atoms with Gasteiger partial charge in [-0.25, -0.2) is 0 Å². The van der Waals surface area contributed by atoms with Crippen molar-refractivity contribution in [2.75, 3.05) is 6.54 Å². The highest BCUT2D eigenvalue weighted by molar-refractivity contribution is 14.1. The first kappa shape index (κ1) is 13.0. The van der Waals surface area contributed by atoms with Gasteiger partial charge in [-0.1, -0.05) is 18.6 Å². The maximum absolute atomic E-state index is 12.2. The SMILES string of the molecule is NCC1CCCC1C(=O)Cc1ccc(I)cc1.